The number of nitrogens with one attached hydrogen (secondary N) is 1. The maximum absolute atomic E-state index is 8.36. The summed E-state index contributed by atoms with van der Waals surface area (Å²) in [6, 6.07) is 11.1. The van der Waals surface area contributed by atoms with Crippen molar-refractivity contribution in [1.82, 2.24) is 9.88 Å². The Morgan fingerprint density at radius 1 is 1.26 bits per heavy atom. The third-order valence-corrected chi connectivity index (χ3v) is 4.26. The molecule has 0 amide bonds. The summed E-state index contributed by atoms with van der Waals surface area (Å²) in [7, 11) is 0. The molecular formula is C15H18N2O2. The molecule has 100 valence electrons. The first kappa shape index (κ1) is 12.2. The summed E-state index contributed by atoms with van der Waals surface area (Å²) >= 11 is 0. The van der Waals surface area contributed by atoms with Gasteiger partial charge in [0.1, 0.15) is 0 Å². The summed E-state index contributed by atoms with van der Waals surface area (Å²) in [5, 5.41) is 11.8. The van der Waals surface area contributed by atoms with Crippen LogP contribution < -0.4 is 5.32 Å². The van der Waals surface area contributed by atoms with Crippen LogP contribution in [0.3, 0.4) is 0 Å². The van der Waals surface area contributed by atoms with Crippen LogP contribution in [0.1, 0.15) is 5.69 Å². The highest BCUT2D eigenvalue weighted by molar-refractivity contribution is 5.81. The Morgan fingerprint density at radius 3 is 2.84 bits per heavy atom. The third kappa shape index (κ3) is 2.12. The van der Waals surface area contributed by atoms with E-state index in [-0.39, 0.29) is 6.47 Å². The first-order valence-corrected chi connectivity index (χ1v) is 6.69. The molecule has 4 nitrogen and oxygen atoms in total. The van der Waals surface area contributed by atoms with Gasteiger partial charge in [-0.05, 0) is 48.9 Å². The molecule has 0 bridgehead atoms. The molecule has 2 unspecified atom stereocenters. The van der Waals surface area contributed by atoms with E-state index in [0.29, 0.717) is 0 Å². The molecular weight excluding hydrogens is 240 g/mol. The van der Waals surface area contributed by atoms with Crippen molar-refractivity contribution in [2.24, 2.45) is 11.8 Å². The lowest BCUT2D eigenvalue weighted by atomic mass is 9.88. The molecule has 1 aromatic carbocycles. The van der Waals surface area contributed by atoms with Crippen molar-refractivity contribution in [3.8, 4) is 0 Å². The standard InChI is InChI=1S/C14H16N2.CH2O2/c1-2-4-14-10(3-1)5-13-6-11-7-15-8-12(11)9-16(13)14;2-1-3/h1-5,11-12,15H,6-9H2;1H,(H,2,3). The van der Waals surface area contributed by atoms with Crippen LogP contribution in [0.5, 0.6) is 0 Å². The molecule has 2 N–H and O–H groups in total. The Bertz CT molecular complexity index is 591. The van der Waals surface area contributed by atoms with Crippen LogP contribution in [0, 0.1) is 11.8 Å². The Balaban J connectivity index is 0.000000339. The Labute approximate surface area is 112 Å². The number of hydrogen-bond acceptors (Lipinski definition) is 2. The van der Waals surface area contributed by atoms with Crippen molar-refractivity contribution in [1.29, 1.82) is 0 Å². The number of carboxylic acid groups (broad SMARTS) is 1. The summed E-state index contributed by atoms with van der Waals surface area (Å²) in [5.41, 5.74) is 2.95. The molecule has 3 heterocycles. The number of aromatic nitrogens is 1. The summed E-state index contributed by atoms with van der Waals surface area (Å²) in [5.74, 6) is 1.72. The van der Waals surface area contributed by atoms with Gasteiger partial charge in [-0.25, -0.2) is 0 Å². The molecule has 0 spiro atoms. The highest BCUT2D eigenvalue weighted by Crippen LogP contribution is 2.32. The Morgan fingerprint density at radius 2 is 2.00 bits per heavy atom. The number of rotatable bonds is 0. The van der Waals surface area contributed by atoms with Crippen molar-refractivity contribution in [2.45, 2.75) is 13.0 Å². The normalized spacial score (nSPS) is 24.2. The minimum atomic E-state index is -0.250. The van der Waals surface area contributed by atoms with Gasteiger partial charge < -0.3 is 15.0 Å². The van der Waals surface area contributed by atoms with Gasteiger partial charge in [0.15, 0.2) is 0 Å². The molecule has 19 heavy (non-hydrogen) atoms. The molecule has 2 aliphatic heterocycles. The van der Waals surface area contributed by atoms with Gasteiger partial charge in [0, 0.05) is 17.8 Å². The van der Waals surface area contributed by atoms with Crippen LogP contribution in [-0.2, 0) is 17.8 Å². The molecule has 1 aromatic heterocycles. The van der Waals surface area contributed by atoms with Crippen molar-refractivity contribution in [3.63, 3.8) is 0 Å². The van der Waals surface area contributed by atoms with Crippen molar-refractivity contribution < 1.29 is 9.90 Å². The lowest BCUT2D eigenvalue weighted by Gasteiger charge is -2.27. The second-order valence-corrected chi connectivity index (χ2v) is 5.29. The highest BCUT2D eigenvalue weighted by atomic mass is 16.3. The van der Waals surface area contributed by atoms with Gasteiger partial charge in [-0.2, -0.15) is 0 Å². The predicted molar refractivity (Wildman–Crippen MR) is 74.2 cm³/mol. The van der Waals surface area contributed by atoms with E-state index in [1.807, 2.05) is 0 Å². The summed E-state index contributed by atoms with van der Waals surface area (Å²) in [6.45, 7) is 3.38. The zero-order chi connectivity index (χ0) is 13.2. The van der Waals surface area contributed by atoms with E-state index in [1.54, 1.807) is 0 Å². The maximum atomic E-state index is 8.36. The van der Waals surface area contributed by atoms with E-state index >= 15 is 0 Å². The topological polar surface area (TPSA) is 54.3 Å². The molecule has 2 aliphatic rings. The minimum Gasteiger partial charge on any atom is -0.483 e. The monoisotopic (exact) mass is 258 g/mol. The molecule has 2 aromatic rings. The number of nitrogens with zero attached hydrogens (tertiary/aromatic N) is 1. The number of hydrogen-bond donors (Lipinski definition) is 2. The number of fused-ring (bicyclic) bond motifs is 4. The highest BCUT2D eigenvalue weighted by Gasteiger charge is 2.32. The van der Waals surface area contributed by atoms with Gasteiger partial charge in [0.05, 0.1) is 0 Å². The SMILES string of the molecule is O=CO.c1ccc2c(c1)cc1n2CC2CNCC2C1. The fraction of sp³-hybridized carbons (Fsp3) is 0.400. The number of carbonyl (C=O) groups is 1. The molecule has 1 saturated heterocycles. The second kappa shape index (κ2) is 5.05. The lowest BCUT2D eigenvalue weighted by molar-refractivity contribution is -0.122. The molecule has 0 saturated carbocycles. The number of para-hydroxylation sites is 1. The summed E-state index contributed by atoms with van der Waals surface area (Å²) in [4.78, 5) is 8.36. The van der Waals surface area contributed by atoms with E-state index in [9.17, 15) is 0 Å². The quantitative estimate of drug-likeness (QED) is 0.708. The van der Waals surface area contributed by atoms with Gasteiger partial charge in [0.2, 0.25) is 0 Å². The van der Waals surface area contributed by atoms with Gasteiger partial charge in [-0.3, -0.25) is 4.79 Å². The van der Waals surface area contributed by atoms with Crippen LogP contribution in [0.4, 0.5) is 0 Å². The average Bonchev–Trinajstić information content (AvgIpc) is 3.00. The first-order chi connectivity index (χ1) is 9.33. The van der Waals surface area contributed by atoms with E-state index in [1.165, 1.54) is 42.7 Å². The van der Waals surface area contributed by atoms with Gasteiger partial charge >= 0.3 is 0 Å². The summed E-state index contributed by atoms with van der Waals surface area (Å²) < 4.78 is 2.53. The largest absolute Gasteiger partial charge is 0.483 e. The lowest BCUT2D eigenvalue weighted by Crippen LogP contribution is -2.27. The Kier molecular flexibility index (Phi) is 3.25. The minimum absolute atomic E-state index is 0.250. The van der Waals surface area contributed by atoms with Crippen molar-refractivity contribution in [3.05, 3.63) is 36.0 Å². The molecule has 0 aliphatic carbocycles. The van der Waals surface area contributed by atoms with Crippen molar-refractivity contribution >= 4 is 17.4 Å². The smallest absolute Gasteiger partial charge is 0.290 e. The van der Waals surface area contributed by atoms with Gasteiger partial charge in [-0.1, -0.05) is 18.2 Å². The van der Waals surface area contributed by atoms with Gasteiger partial charge in [0.25, 0.3) is 6.47 Å². The predicted octanol–water partition coefficient (Wildman–Crippen LogP) is 1.73. The fourth-order valence-electron chi connectivity index (χ4n) is 3.40. The first-order valence-electron chi connectivity index (χ1n) is 6.69. The maximum Gasteiger partial charge on any atom is 0.290 e. The number of benzene rings is 1. The van der Waals surface area contributed by atoms with E-state index in [2.05, 4.69) is 40.2 Å². The Hall–Kier alpha value is -1.81. The van der Waals surface area contributed by atoms with Crippen LogP contribution in [-0.4, -0.2) is 29.2 Å². The van der Waals surface area contributed by atoms with E-state index < -0.39 is 0 Å². The van der Waals surface area contributed by atoms with Crippen LogP contribution in [0.25, 0.3) is 10.9 Å². The molecule has 2 atom stereocenters. The summed E-state index contributed by atoms with van der Waals surface area (Å²) in [6.07, 6.45) is 1.26. The average molecular weight is 258 g/mol. The van der Waals surface area contributed by atoms with Crippen LogP contribution >= 0.6 is 0 Å². The molecule has 1 fully saturated rings. The molecule has 4 heteroatoms. The third-order valence-electron chi connectivity index (χ3n) is 4.26. The van der Waals surface area contributed by atoms with Gasteiger partial charge in [-0.15, -0.1) is 0 Å². The van der Waals surface area contributed by atoms with Crippen LogP contribution in [0.15, 0.2) is 30.3 Å². The zero-order valence-corrected chi connectivity index (χ0v) is 10.7. The zero-order valence-electron chi connectivity index (χ0n) is 10.7. The van der Waals surface area contributed by atoms with E-state index in [0.717, 1.165) is 11.8 Å². The second-order valence-electron chi connectivity index (χ2n) is 5.29. The van der Waals surface area contributed by atoms with E-state index in [4.69, 9.17) is 9.90 Å². The molecule has 4 rings (SSSR count). The molecule has 0 radical (unpaired) electrons. The van der Waals surface area contributed by atoms with Crippen LogP contribution in [0.2, 0.25) is 0 Å². The van der Waals surface area contributed by atoms with Crippen molar-refractivity contribution in [2.75, 3.05) is 13.1 Å². The fourth-order valence-corrected chi connectivity index (χ4v) is 3.40.